The number of urea groups is 1. The number of hydrogen-bond acceptors (Lipinski definition) is 2. The highest BCUT2D eigenvalue weighted by atomic mass is 16.2. The van der Waals surface area contributed by atoms with Crippen molar-refractivity contribution >= 4 is 11.7 Å². The maximum Gasteiger partial charge on any atom is 0.344 e. The molecule has 1 saturated heterocycles. The van der Waals surface area contributed by atoms with Crippen molar-refractivity contribution in [3.8, 4) is 0 Å². The molecular formula is C9H11N4O. The van der Waals surface area contributed by atoms with E-state index >= 15 is 0 Å². The summed E-state index contributed by atoms with van der Waals surface area (Å²) >= 11 is 0. The quantitative estimate of drug-likeness (QED) is 0.671. The number of H-pyrrole nitrogens is 1. The van der Waals surface area contributed by atoms with Crippen LogP contribution < -0.4 is 5.32 Å². The standard InChI is InChI=1S/C9H11N4O/c14-9-11-6-5-10-12-8(6)7-3-1-2-4-13(7)9/h5,7H,1-4H2,(H,10,12). The van der Waals surface area contributed by atoms with E-state index in [9.17, 15) is 4.79 Å². The second-order valence-electron chi connectivity index (χ2n) is 3.77. The molecule has 0 spiro atoms. The Bertz CT molecular complexity index is 373. The Balaban J connectivity index is 2.04. The molecule has 1 radical (unpaired) electrons. The molecule has 0 saturated carbocycles. The van der Waals surface area contributed by atoms with Gasteiger partial charge in [-0.2, -0.15) is 10.4 Å². The average molecular weight is 191 g/mol. The number of piperidine rings is 1. The van der Waals surface area contributed by atoms with Crippen molar-refractivity contribution < 1.29 is 4.79 Å². The van der Waals surface area contributed by atoms with Gasteiger partial charge in [0, 0.05) is 6.54 Å². The molecule has 5 nitrogen and oxygen atoms in total. The number of nitrogens with one attached hydrogen (secondary N) is 1. The van der Waals surface area contributed by atoms with Gasteiger partial charge in [-0.1, -0.05) is 0 Å². The smallest absolute Gasteiger partial charge is 0.314 e. The van der Waals surface area contributed by atoms with Gasteiger partial charge in [0.05, 0.1) is 17.9 Å². The zero-order valence-electron chi connectivity index (χ0n) is 7.73. The summed E-state index contributed by atoms with van der Waals surface area (Å²) in [6.07, 6.45) is 4.91. The Kier molecular flexibility index (Phi) is 1.53. The topological polar surface area (TPSA) is 63.1 Å². The van der Waals surface area contributed by atoms with E-state index in [1.165, 1.54) is 6.42 Å². The van der Waals surface area contributed by atoms with Crippen molar-refractivity contribution in [1.82, 2.24) is 20.4 Å². The lowest BCUT2D eigenvalue weighted by atomic mass is 9.97. The van der Waals surface area contributed by atoms with Crippen molar-refractivity contribution in [3.05, 3.63) is 11.9 Å². The molecule has 0 bridgehead atoms. The normalized spacial score (nSPS) is 25.3. The van der Waals surface area contributed by atoms with Gasteiger partial charge < -0.3 is 4.90 Å². The molecule has 3 rings (SSSR count). The second-order valence-corrected chi connectivity index (χ2v) is 3.77. The summed E-state index contributed by atoms with van der Waals surface area (Å²) in [5, 5.41) is 10.9. The predicted molar refractivity (Wildman–Crippen MR) is 49.1 cm³/mol. The van der Waals surface area contributed by atoms with Gasteiger partial charge in [0.15, 0.2) is 0 Å². The van der Waals surface area contributed by atoms with E-state index < -0.39 is 0 Å². The van der Waals surface area contributed by atoms with Gasteiger partial charge >= 0.3 is 6.03 Å². The summed E-state index contributed by atoms with van der Waals surface area (Å²) in [6, 6.07) is 0.0786. The van der Waals surface area contributed by atoms with Crippen LogP contribution in [0, 0.1) is 0 Å². The van der Waals surface area contributed by atoms with Gasteiger partial charge in [-0.15, -0.1) is 0 Å². The van der Waals surface area contributed by atoms with E-state index in [1.54, 1.807) is 6.20 Å². The number of fused-ring (bicyclic) bond motifs is 3. The molecule has 1 atom stereocenters. The minimum atomic E-state index is -0.108. The van der Waals surface area contributed by atoms with Gasteiger partial charge in [-0.05, 0) is 19.3 Å². The molecule has 73 valence electrons. The summed E-state index contributed by atoms with van der Waals surface area (Å²) in [5.74, 6) is 0. The van der Waals surface area contributed by atoms with E-state index in [4.69, 9.17) is 0 Å². The molecular weight excluding hydrogens is 180 g/mol. The number of hydrogen-bond donors (Lipinski definition) is 1. The molecule has 1 aromatic heterocycles. The zero-order chi connectivity index (χ0) is 9.54. The third-order valence-electron chi connectivity index (χ3n) is 2.95. The highest BCUT2D eigenvalue weighted by Gasteiger charge is 2.36. The number of aromatic amines is 1. The third-order valence-corrected chi connectivity index (χ3v) is 2.95. The number of amides is 2. The monoisotopic (exact) mass is 191 g/mol. The van der Waals surface area contributed by atoms with Crippen molar-refractivity contribution in [2.24, 2.45) is 0 Å². The van der Waals surface area contributed by atoms with Crippen LogP contribution in [0.3, 0.4) is 0 Å². The van der Waals surface area contributed by atoms with E-state index in [2.05, 4.69) is 15.5 Å². The third kappa shape index (κ3) is 0.950. The Morgan fingerprint density at radius 2 is 2.43 bits per heavy atom. The van der Waals surface area contributed by atoms with E-state index in [0.717, 1.165) is 30.8 Å². The van der Waals surface area contributed by atoms with Crippen LogP contribution in [0.1, 0.15) is 31.0 Å². The summed E-state index contributed by atoms with van der Waals surface area (Å²) in [4.78, 5) is 13.4. The van der Waals surface area contributed by atoms with Crippen LogP contribution in [0.5, 0.6) is 0 Å². The fourth-order valence-electron chi connectivity index (χ4n) is 2.25. The fourth-order valence-corrected chi connectivity index (χ4v) is 2.25. The first-order valence-corrected chi connectivity index (χ1v) is 4.92. The van der Waals surface area contributed by atoms with Gasteiger partial charge in [0.25, 0.3) is 0 Å². The maximum atomic E-state index is 11.6. The van der Waals surface area contributed by atoms with E-state index in [-0.39, 0.29) is 12.1 Å². The molecule has 14 heavy (non-hydrogen) atoms. The second kappa shape index (κ2) is 2.73. The van der Waals surface area contributed by atoms with Crippen molar-refractivity contribution in [3.63, 3.8) is 0 Å². The van der Waals surface area contributed by atoms with Crippen LogP contribution in [-0.2, 0) is 0 Å². The molecule has 2 aliphatic heterocycles. The number of rotatable bonds is 0. The minimum Gasteiger partial charge on any atom is -0.314 e. The first-order valence-electron chi connectivity index (χ1n) is 4.92. The van der Waals surface area contributed by atoms with Gasteiger partial charge in [0.1, 0.15) is 5.69 Å². The first kappa shape index (κ1) is 7.84. The fraction of sp³-hybridized carbons (Fsp3) is 0.556. The number of nitrogens with zero attached hydrogens (tertiary/aromatic N) is 3. The SMILES string of the molecule is O=C1[N]c2cn[nH]c2C2CCCCN12. The molecule has 2 aliphatic rings. The number of carbonyl (C=O) groups excluding carboxylic acids is 1. The first-order chi connectivity index (χ1) is 6.86. The molecule has 0 aromatic carbocycles. The van der Waals surface area contributed by atoms with Crippen LogP contribution in [0.25, 0.3) is 0 Å². The minimum absolute atomic E-state index is 0.108. The molecule has 2 amide bonds. The zero-order valence-corrected chi connectivity index (χ0v) is 7.73. The summed E-state index contributed by atoms with van der Waals surface area (Å²) < 4.78 is 0. The largest absolute Gasteiger partial charge is 0.344 e. The maximum absolute atomic E-state index is 11.6. The van der Waals surface area contributed by atoms with Gasteiger partial charge in [-0.3, -0.25) is 5.10 Å². The summed E-state index contributed by atoms with van der Waals surface area (Å²) in [6.45, 7) is 0.825. The molecule has 1 aromatic rings. The Morgan fingerprint density at radius 3 is 3.36 bits per heavy atom. The summed E-state index contributed by atoms with van der Waals surface area (Å²) in [5.41, 5.74) is 1.72. The summed E-state index contributed by atoms with van der Waals surface area (Å²) in [7, 11) is 0. The Morgan fingerprint density at radius 1 is 1.50 bits per heavy atom. The average Bonchev–Trinajstić information content (AvgIpc) is 2.66. The number of carbonyl (C=O) groups is 1. The molecule has 1 fully saturated rings. The van der Waals surface area contributed by atoms with Gasteiger partial charge in [0.2, 0.25) is 0 Å². The Labute approximate surface area is 81.5 Å². The van der Waals surface area contributed by atoms with Crippen LogP contribution in [0.2, 0.25) is 0 Å². The lowest BCUT2D eigenvalue weighted by molar-refractivity contribution is 0.146. The van der Waals surface area contributed by atoms with Crippen LogP contribution in [-0.4, -0.2) is 27.7 Å². The van der Waals surface area contributed by atoms with E-state index in [0.29, 0.717) is 0 Å². The molecule has 1 unspecified atom stereocenters. The molecule has 3 heterocycles. The lowest BCUT2D eigenvalue weighted by Gasteiger charge is -2.37. The van der Waals surface area contributed by atoms with Crippen LogP contribution in [0.15, 0.2) is 6.20 Å². The van der Waals surface area contributed by atoms with Gasteiger partial charge in [-0.25, -0.2) is 4.79 Å². The van der Waals surface area contributed by atoms with E-state index in [1.807, 2.05) is 4.90 Å². The lowest BCUT2D eigenvalue weighted by Crippen LogP contribution is -2.44. The molecule has 1 N–H and O–H groups in total. The molecule has 0 aliphatic carbocycles. The van der Waals surface area contributed by atoms with Crippen molar-refractivity contribution in [1.29, 1.82) is 0 Å². The predicted octanol–water partition coefficient (Wildman–Crippen LogP) is 1.31. The number of aromatic nitrogens is 2. The van der Waals surface area contributed by atoms with Crippen LogP contribution in [0.4, 0.5) is 10.5 Å². The van der Waals surface area contributed by atoms with Crippen molar-refractivity contribution in [2.45, 2.75) is 25.3 Å². The molecule has 5 heteroatoms. The van der Waals surface area contributed by atoms with Crippen molar-refractivity contribution in [2.75, 3.05) is 6.54 Å². The Hall–Kier alpha value is -1.52. The van der Waals surface area contributed by atoms with Crippen LogP contribution >= 0.6 is 0 Å². The highest BCUT2D eigenvalue weighted by Crippen LogP contribution is 2.37. The highest BCUT2D eigenvalue weighted by molar-refractivity contribution is 5.82.